The topological polar surface area (TPSA) is 75.3 Å². The zero-order valence-electron chi connectivity index (χ0n) is 16.4. The molecular weight excluding hydrogens is 384 g/mol. The molecule has 1 amide bonds. The Morgan fingerprint density at radius 1 is 0.931 bits per heavy atom. The first-order valence-corrected chi connectivity index (χ1v) is 10.9. The Bertz CT molecular complexity index is 1100. The van der Waals surface area contributed by atoms with Crippen molar-refractivity contribution in [2.75, 3.05) is 4.72 Å². The van der Waals surface area contributed by atoms with Crippen LogP contribution < -0.4 is 10.0 Å². The maximum absolute atomic E-state index is 12.8. The molecule has 0 saturated heterocycles. The minimum Gasteiger partial charge on any atom is -0.345 e. The minimum atomic E-state index is -3.71. The highest BCUT2D eigenvalue weighted by Gasteiger charge is 2.17. The molecule has 0 aliphatic rings. The minimum absolute atomic E-state index is 0.117. The van der Waals surface area contributed by atoms with Gasteiger partial charge in [0.2, 0.25) is 0 Å². The van der Waals surface area contributed by atoms with Crippen molar-refractivity contribution in [3.05, 3.63) is 95.6 Å². The van der Waals surface area contributed by atoms with Gasteiger partial charge < -0.3 is 5.32 Å². The number of carbonyl (C=O) groups excluding carboxylic acids is 1. The number of benzene rings is 3. The Kier molecular flexibility index (Phi) is 6.34. The van der Waals surface area contributed by atoms with Gasteiger partial charge >= 0.3 is 0 Å². The Morgan fingerprint density at radius 2 is 1.62 bits per heavy atom. The average molecular weight is 409 g/mol. The lowest BCUT2D eigenvalue weighted by Crippen LogP contribution is -2.28. The van der Waals surface area contributed by atoms with E-state index >= 15 is 0 Å². The summed E-state index contributed by atoms with van der Waals surface area (Å²) in [4.78, 5) is 13.0. The number of amides is 1. The van der Waals surface area contributed by atoms with E-state index in [0.29, 0.717) is 11.3 Å². The van der Waals surface area contributed by atoms with Gasteiger partial charge in [-0.3, -0.25) is 9.52 Å². The number of carbonyl (C=O) groups is 1. The van der Waals surface area contributed by atoms with Crippen molar-refractivity contribution >= 4 is 21.6 Å². The smallest absolute Gasteiger partial charge is 0.261 e. The van der Waals surface area contributed by atoms with E-state index in [1.807, 2.05) is 38.1 Å². The summed E-state index contributed by atoms with van der Waals surface area (Å²) in [6.45, 7) is 4.03. The SMILES string of the molecule is CC[C@H](NC(=O)c1cccc(NS(=O)(=O)c2ccccc2)c1)c1ccccc1C. The molecule has 6 heteroatoms. The third-order valence-corrected chi connectivity index (χ3v) is 6.11. The molecule has 0 radical (unpaired) electrons. The van der Waals surface area contributed by atoms with E-state index in [0.717, 1.165) is 17.5 Å². The van der Waals surface area contributed by atoms with Gasteiger partial charge in [-0.25, -0.2) is 8.42 Å². The van der Waals surface area contributed by atoms with E-state index in [4.69, 9.17) is 0 Å². The van der Waals surface area contributed by atoms with Gasteiger partial charge in [0.15, 0.2) is 0 Å². The van der Waals surface area contributed by atoms with Gasteiger partial charge in [-0.1, -0.05) is 55.5 Å². The number of nitrogens with one attached hydrogen (secondary N) is 2. The molecule has 0 aliphatic carbocycles. The van der Waals surface area contributed by atoms with Crippen LogP contribution in [0.1, 0.15) is 40.9 Å². The van der Waals surface area contributed by atoms with Crippen molar-refractivity contribution in [3.63, 3.8) is 0 Å². The van der Waals surface area contributed by atoms with Gasteiger partial charge in [0, 0.05) is 11.3 Å². The van der Waals surface area contributed by atoms with Gasteiger partial charge in [-0.05, 0) is 54.8 Å². The number of sulfonamides is 1. The fourth-order valence-corrected chi connectivity index (χ4v) is 4.23. The zero-order valence-corrected chi connectivity index (χ0v) is 17.2. The second-order valence-electron chi connectivity index (χ2n) is 6.79. The molecule has 0 aromatic heterocycles. The van der Waals surface area contributed by atoms with Crippen molar-refractivity contribution in [3.8, 4) is 0 Å². The summed E-state index contributed by atoms with van der Waals surface area (Å²) in [7, 11) is -3.71. The lowest BCUT2D eigenvalue weighted by Gasteiger charge is -2.20. The maximum atomic E-state index is 12.8. The molecule has 3 aromatic rings. The zero-order chi connectivity index (χ0) is 20.9. The number of rotatable bonds is 7. The standard InChI is InChI=1S/C23H24N2O3S/c1-3-22(21-15-8-7-10-17(21)2)24-23(26)18-11-9-12-19(16-18)25-29(27,28)20-13-5-4-6-14-20/h4-16,22,25H,3H2,1-2H3,(H,24,26)/t22-/m0/s1. The molecular formula is C23H24N2O3S. The highest BCUT2D eigenvalue weighted by atomic mass is 32.2. The third-order valence-electron chi connectivity index (χ3n) is 4.71. The first-order chi connectivity index (χ1) is 13.9. The van der Waals surface area contributed by atoms with Crippen LogP contribution >= 0.6 is 0 Å². The first-order valence-electron chi connectivity index (χ1n) is 9.45. The second kappa shape index (κ2) is 8.92. The highest BCUT2D eigenvalue weighted by molar-refractivity contribution is 7.92. The van der Waals surface area contributed by atoms with E-state index in [1.54, 1.807) is 42.5 Å². The monoisotopic (exact) mass is 408 g/mol. The molecule has 1 atom stereocenters. The molecule has 3 rings (SSSR count). The Morgan fingerprint density at radius 3 is 2.31 bits per heavy atom. The van der Waals surface area contributed by atoms with Crippen molar-refractivity contribution in [1.29, 1.82) is 0 Å². The molecule has 150 valence electrons. The molecule has 0 unspecified atom stereocenters. The van der Waals surface area contributed by atoms with Crippen molar-refractivity contribution in [1.82, 2.24) is 5.32 Å². The van der Waals surface area contributed by atoms with Crippen LogP contribution in [0.2, 0.25) is 0 Å². The molecule has 0 aliphatic heterocycles. The Labute approximate surface area is 171 Å². The van der Waals surface area contributed by atoms with Crippen molar-refractivity contribution in [2.24, 2.45) is 0 Å². The van der Waals surface area contributed by atoms with Crippen molar-refractivity contribution in [2.45, 2.75) is 31.2 Å². The van der Waals surface area contributed by atoms with Gasteiger partial charge in [0.25, 0.3) is 15.9 Å². The summed E-state index contributed by atoms with van der Waals surface area (Å²) in [5.74, 6) is -0.249. The van der Waals surface area contributed by atoms with E-state index in [9.17, 15) is 13.2 Å². The third kappa shape index (κ3) is 5.03. The lowest BCUT2D eigenvalue weighted by molar-refractivity contribution is 0.0935. The van der Waals surface area contributed by atoms with Crippen LogP contribution in [0.4, 0.5) is 5.69 Å². The average Bonchev–Trinajstić information content (AvgIpc) is 2.73. The molecule has 0 fully saturated rings. The molecule has 3 aromatic carbocycles. The van der Waals surface area contributed by atoms with Crippen LogP contribution in [0.5, 0.6) is 0 Å². The van der Waals surface area contributed by atoms with Crippen LogP contribution in [0.3, 0.4) is 0 Å². The lowest BCUT2D eigenvalue weighted by atomic mass is 9.99. The Balaban J connectivity index is 1.78. The van der Waals surface area contributed by atoms with Gasteiger partial charge in [-0.15, -0.1) is 0 Å². The van der Waals surface area contributed by atoms with Gasteiger partial charge in [0.05, 0.1) is 10.9 Å². The fraction of sp³-hybridized carbons (Fsp3) is 0.174. The molecule has 2 N–H and O–H groups in total. The van der Waals surface area contributed by atoms with Crippen LogP contribution in [0.15, 0.2) is 83.8 Å². The van der Waals surface area contributed by atoms with E-state index < -0.39 is 10.0 Å². The van der Waals surface area contributed by atoms with Crippen LogP contribution in [-0.4, -0.2) is 14.3 Å². The van der Waals surface area contributed by atoms with Gasteiger partial charge in [0.1, 0.15) is 0 Å². The summed E-state index contributed by atoms with van der Waals surface area (Å²) in [5.41, 5.74) is 2.92. The van der Waals surface area contributed by atoms with Crippen molar-refractivity contribution < 1.29 is 13.2 Å². The molecule has 0 heterocycles. The Hall–Kier alpha value is -3.12. The second-order valence-corrected chi connectivity index (χ2v) is 8.47. The van der Waals surface area contributed by atoms with E-state index in [-0.39, 0.29) is 16.8 Å². The van der Waals surface area contributed by atoms with E-state index in [2.05, 4.69) is 10.0 Å². The molecule has 0 saturated carbocycles. The quantitative estimate of drug-likeness (QED) is 0.596. The predicted octanol–water partition coefficient (Wildman–Crippen LogP) is 4.68. The summed E-state index contributed by atoms with van der Waals surface area (Å²) >= 11 is 0. The molecule has 29 heavy (non-hydrogen) atoms. The molecule has 0 spiro atoms. The number of hydrogen-bond acceptors (Lipinski definition) is 3. The molecule has 0 bridgehead atoms. The fourth-order valence-electron chi connectivity index (χ4n) is 3.16. The summed E-state index contributed by atoms with van der Waals surface area (Å²) in [6.07, 6.45) is 0.747. The largest absolute Gasteiger partial charge is 0.345 e. The highest BCUT2D eigenvalue weighted by Crippen LogP contribution is 2.22. The van der Waals surface area contributed by atoms with Crippen LogP contribution in [-0.2, 0) is 10.0 Å². The maximum Gasteiger partial charge on any atom is 0.261 e. The van der Waals surface area contributed by atoms with Crippen LogP contribution in [0.25, 0.3) is 0 Å². The van der Waals surface area contributed by atoms with Gasteiger partial charge in [-0.2, -0.15) is 0 Å². The number of aryl methyl sites for hydroxylation is 1. The van der Waals surface area contributed by atoms with E-state index in [1.165, 1.54) is 12.1 Å². The summed E-state index contributed by atoms with van der Waals surface area (Å²) in [5, 5.41) is 3.05. The molecule has 5 nitrogen and oxygen atoms in total. The number of hydrogen-bond donors (Lipinski definition) is 2. The summed E-state index contributed by atoms with van der Waals surface area (Å²) < 4.78 is 27.6. The summed E-state index contributed by atoms with van der Waals surface area (Å²) in [6, 6.07) is 22.4. The predicted molar refractivity (Wildman–Crippen MR) is 115 cm³/mol. The number of anilines is 1. The van der Waals surface area contributed by atoms with Crippen LogP contribution in [0, 0.1) is 6.92 Å². The first kappa shape index (κ1) is 20.6. The normalized spacial score (nSPS) is 12.2.